The van der Waals surface area contributed by atoms with Crippen molar-refractivity contribution in [3.8, 4) is 23.0 Å². The van der Waals surface area contributed by atoms with E-state index in [1.165, 1.54) is 0 Å². The first kappa shape index (κ1) is 17.9. The molecule has 1 N–H and O–H groups in total. The highest BCUT2D eigenvalue weighted by Gasteiger charge is 2.38. The van der Waals surface area contributed by atoms with Gasteiger partial charge in [0, 0.05) is 12.5 Å². The van der Waals surface area contributed by atoms with Gasteiger partial charge in [-0.2, -0.15) is 0 Å². The Kier molecular flexibility index (Phi) is 5.09. The lowest BCUT2D eigenvalue weighted by Crippen LogP contribution is -2.21. The molecule has 27 heavy (non-hydrogen) atoms. The van der Waals surface area contributed by atoms with Crippen molar-refractivity contribution in [2.24, 2.45) is 11.8 Å². The second-order valence-corrected chi connectivity index (χ2v) is 6.87. The van der Waals surface area contributed by atoms with Crippen LogP contribution in [0.1, 0.15) is 17.2 Å². The van der Waals surface area contributed by atoms with Gasteiger partial charge in [-0.25, -0.2) is 0 Å². The van der Waals surface area contributed by atoms with Crippen LogP contribution < -0.4 is 18.9 Å². The SMILES string of the molecule is COc1ccc(C[C@@H]2CO[C@@H](c3ccc4c(c3)OCO4)[C@@H]2CO)cc1OC. The Balaban J connectivity index is 1.52. The maximum atomic E-state index is 10.0. The fourth-order valence-electron chi connectivity index (χ4n) is 3.92. The van der Waals surface area contributed by atoms with E-state index >= 15 is 0 Å². The highest BCUT2D eigenvalue weighted by molar-refractivity contribution is 5.45. The van der Waals surface area contributed by atoms with Crippen LogP contribution in [0.4, 0.5) is 0 Å². The van der Waals surface area contributed by atoms with Crippen LogP contribution in [-0.2, 0) is 11.2 Å². The van der Waals surface area contributed by atoms with Crippen molar-refractivity contribution in [3.63, 3.8) is 0 Å². The van der Waals surface area contributed by atoms with Gasteiger partial charge in [-0.15, -0.1) is 0 Å². The summed E-state index contributed by atoms with van der Waals surface area (Å²) in [5.41, 5.74) is 2.14. The minimum atomic E-state index is -0.158. The number of benzene rings is 2. The monoisotopic (exact) mass is 372 g/mol. The van der Waals surface area contributed by atoms with Gasteiger partial charge < -0.3 is 28.8 Å². The van der Waals surface area contributed by atoms with E-state index in [4.69, 9.17) is 23.7 Å². The molecule has 0 unspecified atom stereocenters. The molecule has 3 atom stereocenters. The van der Waals surface area contributed by atoms with Gasteiger partial charge in [0.2, 0.25) is 6.79 Å². The molecule has 0 aliphatic carbocycles. The molecule has 2 aliphatic heterocycles. The van der Waals surface area contributed by atoms with Gasteiger partial charge in [0.1, 0.15) is 0 Å². The number of fused-ring (bicyclic) bond motifs is 1. The van der Waals surface area contributed by atoms with Crippen LogP contribution in [0.25, 0.3) is 0 Å². The van der Waals surface area contributed by atoms with E-state index in [9.17, 15) is 5.11 Å². The Bertz CT molecular complexity index is 805. The van der Waals surface area contributed by atoms with Gasteiger partial charge in [0.05, 0.1) is 26.9 Å². The van der Waals surface area contributed by atoms with Crippen molar-refractivity contribution in [1.82, 2.24) is 0 Å². The van der Waals surface area contributed by atoms with Crippen molar-refractivity contribution in [1.29, 1.82) is 0 Å². The molecule has 1 fully saturated rings. The molecular formula is C21H24O6. The Morgan fingerprint density at radius 2 is 1.81 bits per heavy atom. The van der Waals surface area contributed by atoms with Crippen LogP contribution in [0.2, 0.25) is 0 Å². The van der Waals surface area contributed by atoms with Crippen molar-refractivity contribution in [2.45, 2.75) is 12.5 Å². The van der Waals surface area contributed by atoms with Crippen molar-refractivity contribution in [2.75, 3.05) is 34.2 Å². The van der Waals surface area contributed by atoms with Crippen LogP contribution in [0.3, 0.4) is 0 Å². The zero-order valence-electron chi connectivity index (χ0n) is 15.5. The summed E-state index contributed by atoms with van der Waals surface area (Å²) in [6.45, 7) is 0.908. The summed E-state index contributed by atoms with van der Waals surface area (Å²) in [4.78, 5) is 0. The second-order valence-electron chi connectivity index (χ2n) is 6.87. The molecule has 0 saturated carbocycles. The fraction of sp³-hybridized carbons (Fsp3) is 0.429. The molecule has 6 heteroatoms. The first-order valence-electron chi connectivity index (χ1n) is 9.06. The van der Waals surface area contributed by atoms with E-state index in [2.05, 4.69) is 0 Å². The van der Waals surface area contributed by atoms with E-state index in [0.29, 0.717) is 18.1 Å². The standard InChI is InChI=1S/C21H24O6/c1-23-17-5-3-13(8-19(17)24-2)7-15-11-25-21(16(15)10-22)14-4-6-18-20(9-14)27-12-26-18/h3-6,8-9,15-16,21-22H,7,10-12H2,1-2H3/t15-,16-,21+/m1/s1. The number of rotatable bonds is 6. The number of aliphatic hydroxyl groups excluding tert-OH is 1. The predicted octanol–water partition coefficient (Wildman–Crippen LogP) is 2.97. The Morgan fingerprint density at radius 1 is 1.00 bits per heavy atom. The Morgan fingerprint density at radius 3 is 2.59 bits per heavy atom. The van der Waals surface area contributed by atoms with Crippen molar-refractivity contribution >= 4 is 0 Å². The van der Waals surface area contributed by atoms with Crippen LogP contribution >= 0.6 is 0 Å². The smallest absolute Gasteiger partial charge is 0.231 e. The van der Waals surface area contributed by atoms with Gasteiger partial charge in [0.15, 0.2) is 23.0 Å². The lowest BCUT2D eigenvalue weighted by molar-refractivity contribution is 0.0717. The summed E-state index contributed by atoms with van der Waals surface area (Å²) in [7, 11) is 3.26. The molecule has 0 radical (unpaired) electrons. The Labute approximate surface area is 158 Å². The van der Waals surface area contributed by atoms with Crippen LogP contribution in [0.15, 0.2) is 36.4 Å². The number of hydrogen-bond acceptors (Lipinski definition) is 6. The molecule has 6 nitrogen and oxygen atoms in total. The van der Waals surface area contributed by atoms with E-state index in [0.717, 1.165) is 29.0 Å². The molecule has 4 rings (SSSR count). The largest absolute Gasteiger partial charge is 0.493 e. The lowest BCUT2D eigenvalue weighted by atomic mass is 9.84. The molecule has 2 heterocycles. The zero-order valence-corrected chi connectivity index (χ0v) is 15.5. The first-order chi connectivity index (χ1) is 13.2. The average Bonchev–Trinajstić information content (AvgIpc) is 3.33. The maximum absolute atomic E-state index is 10.0. The number of aliphatic hydroxyl groups is 1. The molecule has 1 saturated heterocycles. The van der Waals surface area contributed by atoms with E-state index < -0.39 is 0 Å². The summed E-state index contributed by atoms with van der Waals surface area (Å²) in [5.74, 6) is 3.12. The van der Waals surface area contributed by atoms with Crippen LogP contribution in [-0.4, -0.2) is 39.3 Å². The molecule has 2 aromatic rings. The molecular weight excluding hydrogens is 348 g/mol. The molecule has 0 amide bonds. The lowest BCUT2D eigenvalue weighted by Gasteiger charge is -2.21. The number of hydrogen-bond donors (Lipinski definition) is 1. The fourth-order valence-corrected chi connectivity index (χ4v) is 3.92. The highest BCUT2D eigenvalue weighted by atomic mass is 16.7. The van der Waals surface area contributed by atoms with E-state index in [-0.39, 0.29) is 31.3 Å². The highest BCUT2D eigenvalue weighted by Crippen LogP contribution is 2.43. The van der Waals surface area contributed by atoms with Gasteiger partial charge >= 0.3 is 0 Å². The molecule has 0 aromatic heterocycles. The summed E-state index contributed by atoms with van der Waals surface area (Å²) < 4.78 is 27.6. The molecule has 0 spiro atoms. The van der Waals surface area contributed by atoms with Crippen molar-refractivity contribution in [3.05, 3.63) is 47.5 Å². The topological polar surface area (TPSA) is 66.4 Å². The third-order valence-electron chi connectivity index (χ3n) is 5.37. The summed E-state index contributed by atoms with van der Waals surface area (Å²) in [6, 6.07) is 11.8. The predicted molar refractivity (Wildman–Crippen MR) is 98.6 cm³/mol. The molecule has 0 bridgehead atoms. The number of ether oxygens (including phenoxy) is 5. The van der Waals surface area contributed by atoms with Gasteiger partial charge in [-0.3, -0.25) is 0 Å². The summed E-state index contributed by atoms with van der Waals surface area (Å²) in [6.07, 6.45) is 0.641. The van der Waals surface area contributed by atoms with Crippen LogP contribution in [0.5, 0.6) is 23.0 Å². The molecule has 2 aliphatic rings. The minimum Gasteiger partial charge on any atom is -0.493 e. The summed E-state index contributed by atoms with van der Waals surface area (Å²) in [5, 5.41) is 10.0. The third-order valence-corrected chi connectivity index (χ3v) is 5.37. The van der Waals surface area contributed by atoms with Crippen LogP contribution in [0, 0.1) is 11.8 Å². The molecule has 144 valence electrons. The average molecular weight is 372 g/mol. The van der Waals surface area contributed by atoms with Gasteiger partial charge in [-0.1, -0.05) is 12.1 Å². The quantitative estimate of drug-likeness (QED) is 0.841. The van der Waals surface area contributed by atoms with E-state index in [1.54, 1.807) is 14.2 Å². The van der Waals surface area contributed by atoms with Gasteiger partial charge in [-0.05, 0) is 47.7 Å². The molecule has 2 aromatic carbocycles. The third kappa shape index (κ3) is 3.42. The zero-order chi connectivity index (χ0) is 18.8. The normalized spacial score (nSPS) is 23.4. The summed E-state index contributed by atoms with van der Waals surface area (Å²) >= 11 is 0. The van der Waals surface area contributed by atoms with E-state index in [1.807, 2.05) is 36.4 Å². The second kappa shape index (κ2) is 7.66. The Hall–Kier alpha value is -2.44. The minimum absolute atomic E-state index is 0.0125. The first-order valence-corrected chi connectivity index (χ1v) is 9.06. The van der Waals surface area contributed by atoms with Gasteiger partial charge in [0.25, 0.3) is 0 Å². The number of methoxy groups -OCH3 is 2. The van der Waals surface area contributed by atoms with Crippen molar-refractivity contribution < 1.29 is 28.8 Å². The maximum Gasteiger partial charge on any atom is 0.231 e.